The number of nitrogens with one attached hydrogen (secondary N) is 1. The number of carboxylic acids is 1. The van der Waals surface area contributed by atoms with Gasteiger partial charge >= 0.3 is 5.97 Å². The van der Waals surface area contributed by atoms with Crippen LogP contribution < -0.4 is 5.32 Å². The summed E-state index contributed by atoms with van der Waals surface area (Å²) in [4.78, 5) is 11.3. The monoisotopic (exact) mass is 309 g/mol. The summed E-state index contributed by atoms with van der Waals surface area (Å²) in [5.41, 5.74) is 1.48. The fourth-order valence-corrected chi connectivity index (χ4v) is 3.49. The SMILES string of the molecule is O=C(O)[C@@H]1Nc2c(O)ccc(Br)c2[C@@H]2C=CC[C@H]12. The smallest absolute Gasteiger partial charge is 0.326 e. The van der Waals surface area contributed by atoms with Crippen LogP contribution in [0.1, 0.15) is 17.9 Å². The van der Waals surface area contributed by atoms with E-state index in [1.165, 1.54) is 0 Å². The van der Waals surface area contributed by atoms with E-state index >= 15 is 0 Å². The van der Waals surface area contributed by atoms with Gasteiger partial charge in [-0.05, 0) is 18.6 Å². The third kappa shape index (κ3) is 1.54. The molecule has 1 aromatic rings. The number of carbonyl (C=O) groups is 1. The molecule has 0 fully saturated rings. The highest BCUT2D eigenvalue weighted by Crippen LogP contribution is 2.50. The lowest BCUT2D eigenvalue weighted by Gasteiger charge is -2.35. The van der Waals surface area contributed by atoms with E-state index in [-0.39, 0.29) is 17.6 Å². The Hall–Kier alpha value is -1.49. The van der Waals surface area contributed by atoms with Gasteiger partial charge in [0.1, 0.15) is 11.8 Å². The van der Waals surface area contributed by atoms with Gasteiger partial charge in [0, 0.05) is 21.9 Å². The van der Waals surface area contributed by atoms with E-state index in [2.05, 4.69) is 21.2 Å². The van der Waals surface area contributed by atoms with Gasteiger partial charge in [0.05, 0.1) is 5.69 Å². The molecule has 0 amide bonds. The Labute approximate surface area is 112 Å². The average molecular weight is 310 g/mol. The maximum atomic E-state index is 11.3. The average Bonchev–Trinajstić information content (AvgIpc) is 2.81. The highest BCUT2D eigenvalue weighted by atomic mass is 79.9. The second-order valence-corrected chi connectivity index (χ2v) is 5.52. The number of carboxylic acid groups (broad SMARTS) is 1. The van der Waals surface area contributed by atoms with Gasteiger partial charge in [-0.2, -0.15) is 0 Å². The fraction of sp³-hybridized carbons (Fsp3) is 0.308. The molecule has 3 atom stereocenters. The Kier molecular flexibility index (Phi) is 2.59. The molecule has 0 spiro atoms. The van der Waals surface area contributed by atoms with E-state index in [0.717, 1.165) is 16.5 Å². The number of aromatic hydroxyl groups is 1. The van der Waals surface area contributed by atoms with Gasteiger partial charge in [-0.3, -0.25) is 0 Å². The molecule has 1 heterocycles. The Morgan fingerprint density at radius 1 is 1.44 bits per heavy atom. The maximum Gasteiger partial charge on any atom is 0.326 e. The Morgan fingerprint density at radius 2 is 2.22 bits per heavy atom. The Bertz CT molecular complexity index is 555. The summed E-state index contributed by atoms with van der Waals surface area (Å²) in [5, 5.41) is 22.1. The van der Waals surface area contributed by atoms with Crippen molar-refractivity contribution in [3.05, 3.63) is 34.3 Å². The molecule has 18 heavy (non-hydrogen) atoms. The fourth-order valence-electron chi connectivity index (χ4n) is 2.89. The van der Waals surface area contributed by atoms with E-state index in [0.29, 0.717) is 5.69 Å². The van der Waals surface area contributed by atoms with Gasteiger partial charge in [-0.1, -0.05) is 28.1 Å². The highest BCUT2D eigenvalue weighted by Gasteiger charge is 2.42. The summed E-state index contributed by atoms with van der Waals surface area (Å²) in [5.74, 6) is -0.728. The molecule has 3 rings (SSSR count). The molecule has 94 valence electrons. The Morgan fingerprint density at radius 3 is 2.94 bits per heavy atom. The molecule has 3 N–H and O–H groups in total. The summed E-state index contributed by atoms with van der Waals surface area (Å²) in [6.07, 6.45) is 4.79. The molecule has 1 aliphatic heterocycles. The molecule has 1 aromatic carbocycles. The number of phenols is 1. The predicted molar refractivity (Wildman–Crippen MR) is 70.8 cm³/mol. The number of hydrogen-bond donors (Lipinski definition) is 3. The minimum absolute atomic E-state index is 0.00750. The molecular weight excluding hydrogens is 298 g/mol. The van der Waals surface area contributed by atoms with E-state index in [4.69, 9.17) is 0 Å². The lowest BCUT2D eigenvalue weighted by atomic mass is 9.79. The van der Waals surface area contributed by atoms with Crippen molar-refractivity contribution in [1.29, 1.82) is 0 Å². The van der Waals surface area contributed by atoms with Gasteiger partial charge < -0.3 is 15.5 Å². The molecule has 0 saturated heterocycles. The molecule has 5 heteroatoms. The van der Waals surface area contributed by atoms with Gasteiger partial charge in [0.15, 0.2) is 0 Å². The maximum absolute atomic E-state index is 11.3. The zero-order valence-electron chi connectivity index (χ0n) is 9.43. The molecule has 0 saturated carbocycles. The molecule has 1 aliphatic carbocycles. The first-order valence-electron chi connectivity index (χ1n) is 5.77. The molecule has 0 unspecified atom stereocenters. The van der Waals surface area contributed by atoms with Crippen molar-refractivity contribution in [3.8, 4) is 5.75 Å². The van der Waals surface area contributed by atoms with E-state index in [1.807, 2.05) is 12.2 Å². The normalized spacial score (nSPS) is 28.4. The number of halogens is 1. The minimum atomic E-state index is -0.876. The highest BCUT2D eigenvalue weighted by molar-refractivity contribution is 9.10. The summed E-state index contributed by atoms with van der Waals surface area (Å²) >= 11 is 3.48. The first kappa shape index (κ1) is 11.6. The third-order valence-corrected chi connectivity index (χ3v) is 4.40. The molecule has 2 aliphatic rings. The largest absolute Gasteiger partial charge is 0.506 e. The lowest BCUT2D eigenvalue weighted by Crippen LogP contribution is -2.42. The van der Waals surface area contributed by atoms with E-state index in [9.17, 15) is 15.0 Å². The number of benzene rings is 1. The summed E-state index contributed by atoms with van der Waals surface area (Å²) in [6, 6.07) is 2.70. The summed E-state index contributed by atoms with van der Waals surface area (Å²) in [7, 11) is 0. The number of rotatable bonds is 1. The molecular formula is C13H12BrNO3. The summed E-state index contributed by atoms with van der Waals surface area (Å²) < 4.78 is 0.896. The van der Waals surface area contributed by atoms with Crippen LogP contribution in [-0.2, 0) is 4.79 Å². The zero-order chi connectivity index (χ0) is 12.9. The zero-order valence-corrected chi connectivity index (χ0v) is 11.0. The van der Waals surface area contributed by atoms with Crippen molar-refractivity contribution in [1.82, 2.24) is 0 Å². The van der Waals surface area contributed by atoms with Gasteiger partial charge in [0.25, 0.3) is 0 Å². The minimum Gasteiger partial charge on any atom is -0.506 e. The van der Waals surface area contributed by atoms with Crippen molar-refractivity contribution in [3.63, 3.8) is 0 Å². The van der Waals surface area contributed by atoms with E-state index in [1.54, 1.807) is 12.1 Å². The van der Waals surface area contributed by atoms with Crippen LogP contribution in [0.3, 0.4) is 0 Å². The molecule has 0 radical (unpaired) electrons. The Balaban J connectivity index is 2.17. The summed E-state index contributed by atoms with van der Waals surface area (Å²) in [6.45, 7) is 0. The third-order valence-electron chi connectivity index (χ3n) is 3.71. The van der Waals surface area contributed by atoms with Gasteiger partial charge in [0.2, 0.25) is 0 Å². The predicted octanol–water partition coefficient (Wildman–Crippen LogP) is 2.69. The second-order valence-electron chi connectivity index (χ2n) is 4.67. The van der Waals surface area contributed by atoms with Crippen LogP contribution in [0, 0.1) is 5.92 Å². The number of aliphatic carboxylic acids is 1. The quantitative estimate of drug-likeness (QED) is 0.551. The topological polar surface area (TPSA) is 69.6 Å². The lowest BCUT2D eigenvalue weighted by molar-refractivity contribution is -0.139. The van der Waals surface area contributed by atoms with Crippen LogP contribution in [0.25, 0.3) is 0 Å². The molecule has 4 nitrogen and oxygen atoms in total. The van der Waals surface area contributed by atoms with Crippen LogP contribution in [0.4, 0.5) is 5.69 Å². The number of phenolic OH excluding ortho intramolecular Hbond substituents is 1. The number of allylic oxidation sites excluding steroid dienone is 2. The van der Waals surface area contributed by atoms with Crippen LogP contribution in [-0.4, -0.2) is 22.2 Å². The van der Waals surface area contributed by atoms with Crippen LogP contribution in [0.2, 0.25) is 0 Å². The van der Waals surface area contributed by atoms with Gasteiger partial charge in [-0.15, -0.1) is 0 Å². The second kappa shape index (κ2) is 4.02. The van der Waals surface area contributed by atoms with Crippen molar-refractivity contribution >= 4 is 27.6 Å². The molecule has 0 bridgehead atoms. The van der Waals surface area contributed by atoms with Crippen molar-refractivity contribution < 1.29 is 15.0 Å². The van der Waals surface area contributed by atoms with Crippen LogP contribution in [0.15, 0.2) is 28.8 Å². The molecule has 0 aromatic heterocycles. The standard InChI is InChI=1S/C13H12BrNO3/c14-8-4-5-9(16)12-10(8)6-2-1-3-7(6)11(15-12)13(17)18/h1-2,4-7,11,15-16H,3H2,(H,17,18)/t6-,7+,11-/m1/s1. The van der Waals surface area contributed by atoms with Crippen molar-refractivity contribution in [2.75, 3.05) is 5.32 Å². The van der Waals surface area contributed by atoms with Crippen molar-refractivity contribution in [2.24, 2.45) is 5.92 Å². The number of fused-ring (bicyclic) bond motifs is 3. The van der Waals surface area contributed by atoms with E-state index < -0.39 is 12.0 Å². The first-order chi connectivity index (χ1) is 8.59. The number of hydrogen-bond acceptors (Lipinski definition) is 3. The van der Waals surface area contributed by atoms with Crippen molar-refractivity contribution in [2.45, 2.75) is 18.4 Å². The van der Waals surface area contributed by atoms with Gasteiger partial charge in [-0.25, -0.2) is 4.79 Å². The number of anilines is 1. The van der Waals surface area contributed by atoms with Crippen LogP contribution >= 0.6 is 15.9 Å². The van der Waals surface area contributed by atoms with Crippen LogP contribution in [0.5, 0.6) is 5.75 Å². The first-order valence-corrected chi connectivity index (χ1v) is 6.56.